The van der Waals surface area contributed by atoms with Crippen molar-refractivity contribution >= 4 is 22.3 Å². The van der Waals surface area contributed by atoms with Gasteiger partial charge in [0.2, 0.25) is 5.88 Å². The van der Waals surface area contributed by atoms with Crippen molar-refractivity contribution in [3.05, 3.63) is 12.1 Å². The molecule has 5 nitrogen and oxygen atoms in total. The van der Waals surface area contributed by atoms with Crippen molar-refractivity contribution in [2.24, 2.45) is 0 Å². The zero-order valence-corrected chi connectivity index (χ0v) is 11.2. The zero-order valence-electron chi connectivity index (χ0n) is 10.4. The second-order valence-electron chi connectivity index (χ2n) is 3.71. The van der Waals surface area contributed by atoms with Crippen molar-refractivity contribution in [3.8, 4) is 5.88 Å². The van der Waals surface area contributed by atoms with Crippen LogP contribution in [-0.2, 0) is 10.8 Å². The molecule has 1 rings (SSSR count). The molecule has 2 atom stereocenters. The Morgan fingerprint density at radius 3 is 2.88 bits per heavy atom. The maximum Gasteiger partial charge on any atom is 0.239 e. The molecule has 1 aromatic heterocycles. The molecule has 0 saturated carbocycles. The predicted octanol–water partition coefficient (Wildman–Crippen LogP) is 1.24. The van der Waals surface area contributed by atoms with Crippen LogP contribution in [0.2, 0.25) is 0 Å². The molecule has 96 valence electrons. The summed E-state index contributed by atoms with van der Waals surface area (Å²) < 4.78 is 16.5. The van der Waals surface area contributed by atoms with E-state index < -0.39 is 10.8 Å². The summed E-state index contributed by atoms with van der Waals surface area (Å²) in [6, 6.07) is 3.52. The molecule has 0 spiro atoms. The van der Waals surface area contributed by atoms with E-state index >= 15 is 0 Å². The molecule has 0 aliphatic carbocycles. The van der Waals surface area contributed by atoms with Gasteiger partial charge in [0.25, 0.3) is 0 Å². The van der Waals surface area contributed by atoms with Crippen molar-refractivity contribution in [1.82, 2.24) is 4.98 Å². The van der Waals surface area contributed by atoms with E-state index in [2.05, 4.69) is 10.3 Å². The van der Waals surface area contributed by atoms with Gasteiger partial charge in [0.15, 0.2) is 0 Å². The molecule has 3 N–H and O–H groups in total. The van der Waals surface area contributed by atoms with Gasteiger partial charge < -0.3 is 15.8 Å². The highest BCUT2D eigenvalue weighted by atomic mass is 32.2. The van der Waals surface area contributed by atoms with Gasteiger partial charge in [-0.05, 0) is 26.0 Å². The van der Waals surface area contributed by atoms with Crippen LogP contribution in [0.15, 0.2) is 12.1 Å². The molecule has 0 aliphatic heterocycles. The average Bonchev–Trinajstić information content (AvgIpc) is 2.29. The molecule has 0 aliphatic rings. The first-order chi connectivity index (χ1) is 8.04. The molecule has 0 bridgehead atoms. The Morgan fingerprint density at radius 2 is 2.29 bits per heavy atom. The van der Waals surface area contributed by atoms with E-state index in [1.165, 1.54) is 0 Å². The number of hydrogen-bond donors (Lipinski definition) is 2. The second-order valence-corrected chi connectivity index (χ2v) is 5.52. The van der Waals surface area contributed by atoms with Crippen LogP contribution in [0, 0.1) is 0 Å². The molecular weight excluding hydrogens is 238 g/mol. The minimum Gasteiger partial charge on any atom is -0.476 e. The van der Waals surface area contributed by atoms with E-state index in [0.29, 0.717) is 30.5 Å². The van der Waals surface area contributed by atoms with Gasteiger partial charge in [0, 0.05) is 28.9 Å². The van der Waals surface area contributed by atoms with Gasteiger partial charge in [-0.1, -0.05) is 0 Å². The van der Waals surface area contributed by atoms with Gasteiger partial charge in [-0.15, -0.1) is 0 Å². The third-order valence-electron chi connectivity index (χ3n) is 2.31. The van der Waals surface area contributed by atoms with Crippen LogP contribution in [-0.4, -0.2) is 33.9 Å². The summed E-state index contributed by atoms with van der Waals surface area (Å²) in [7, 11) is -0.843. The topological polar surface area (TPSA) is 77.2 Å². The Labute approximate surface area is 104 Å². The predicted molar refractivity (Wildman–Crippen MR) is 71.8 cm³/mol. The Morgan fingerprint density at radius 1 is 1.59 bits per heavy atom. The lowest BCUT2D eigenvalue weighted by molar-refractivity contribution is 0.329. The Hall–Kier alpha value is -1.30. The molecular formula is C11H19N3O2S. The first-order valence-corrected chi connectivity index (χ1v) is 7.12. The molecule has 6 heteroatoms. The van der Waals surface area contributed by atoms with Gasteiger partial charge in [0.1, 0.15) is 5.82 Å². The fourth-order valence-electron chi connectivity index (χ4n) is 1.17. The van der Waals surface area contributed by atoms with E-state index in [1.54, 1.807) is 18.4 Å². The molecule has 0 amide bonds. The fourth-order valence-corrected chi connectivity index (χ4v) is 1.49. The number of nitrogens with one attached hydrogen (secondary N) is 1. The van der Waals surface area contributed by atoms with Crippen molar-refractivity contribution in [1.29, 1.82) is 0 Å². The number of rotatable bonds is 6. The summed E-state index contributed by atoms with van der Waals surface area (Å²) in [5.74, 6) is 1.11. The summed E-state index contributed by atoms with van der Waals surface area (Å²) in [6.45, 7) is 4.93. The van der Waals surface area contributed by atoms with Crippen LogP contribution in [0.5, 0.6) is 5.88 Å². The van der Waals surface area contributed by atoms with Gasteiger partial charge in [-0.2, -0.15) is 4.98 Å². The van der Waals surface area contributed by atoms with E-state index in [-0.39, 0.29) is 5.25 Å². The minimum atomic E-state index is -0.843. The number of aromatic nitrogens is 1. The highest BCUT2D eigenvalue weighted by Crippen LogP contribution is 2.20. The maximum atomic E-state index is 11.2. The molecule has 17 heavy (non-hydrogen) atoms. The molecule has 0 radical (unpaired) electrons. The molecule has 0 aromatic carbocycles. The fraction of sp³-hybridized carbons (Fsp3) is 0.545. The highest BCUT2D eigenvalue weighted by Gasteiger charge is 2.07. The van der Waals surface area contributed by atoms with Crippen LogP contribution in [0.4, 0.5) is 11.5 Å². The van der Waals surface area contributed by atoms with E-state index in [4.69, 9.17) is 10.5 Å². The van der Waals surface area contributed by atoms with Gasteiger partial charge in [-0.3, -0.25) is 4.21 Å². The maximum absolute atomic E-state index is 11.2. The minimum absolute atomic E-state index is 0.0740. The van der Waals surface area contributed by atoms with Crippen LogP contribution in [0.25, 0.3) is 0 Å². The number of nitrogens with two attached hydrogens (primary N) is 1. The standard InChI is InChI=1S/C11H19N3O2S/c1-4-16-11-9(12)5-6-10(14-11)13-7-8(2)17(3)15/h5-6,8H,4,7,12H2,1-3H3,(H,13,14). The Bertz CT molecular complexity index is 398. The normalized spacial score (nSPS) is 14.1. The lowest BCUT2D eigenvalue weighted by Crippen LogP contribution is -2.21. The largest absolute Gasteiger partial charge is 0.476 e. The SMILES string of the molecule is CCOc1nc(NCC(C)S(C)=O)ccc1N. The van der Waals surface area contributed by atoms with Crippen molar-refractivity contribution in [2.75, 3.05) is 30.5 Å². The lowest BCUT2D eigenvalue weighted by atomic mass is 10.4. The van der Waals surface area contributed by atoms with E-state index in [0.717, 1.165) is 0 Å². The summed E-state index contributed by atoms with van der Waals surface area (Å²) in [6.07, 6.45) is 1.69. The summed E-state index contributed by atoms with van der Waals surface area (Å²) >= 11 is 0. The lowest BCUT2D eigenvalue weighted by Gasteiger charge is -2.12. The van der Waals surface area contributed by atoms with Gasteiger partial charge in [0.05, 0.1) is 12.3 Å². The second kappa shape index (κ2) is 6.44. The third kappa shape index (κ3) is 4.22. The molecule has 1 aromatic rings. The third-order valence-corrected chi connectivity index (χ3v) is 3.61. The number of pyridine rings is 1. The monoisotopic (exact) mass is 257 g/mol. The molecule has 0 fully saturated rings. The smallest absolute Gasteiger partial charge is 0.239 e. The van der Waals surface area contributed by atoms with Crippen molar-refractivity contribution in [3.63, 3.8) is 0 Å². The molecule has 0 saturated heterocycles. The van der Waals surface area contributed by atoms with E-state index in [1.807, 2.05) is 13.8 Å². The molecule has 2 unspecified atom stereocenters. The number of ether oxygens (including phenoxy) is 1. The first kappa shape index (κ1) is 13.8. The number of anilines is 2. The quantitative estimate of drug-likeness (QED) is 0.802. The summed E-state index contributed by atoms with van der Waals surface area (Å²) in [4.78, 5) is 4.24. The number of hydrogen-bond acceptors (Lipinski definition) is 5. The van der Waals surface area contributed by atoms with Crippen LogP contribution >= 0.6 is 0 Å². The molecule has 1 heterocycles. The van der Waals surface area contributed by atoms with Gasteiger partial charge >= 0.3 is 0 Å². The zero-order chi connectivity index (χ0) is 12.8. The summed E-state index contributed by atoms with van der Waals surface area (Å²) in [5.41, 5.74) is 6.23. The van der Waals surface area contributed by atoms with E-state index in [9.17, 15) is 4.21 Å². The van der Waals surface area contributed by atoms with Gasteiger partial charge in [-0.25, -0.2) is 0 Å². The Kier molecular flexibility index (Phi) is 5.21. The first-order valence-electron chi connectivity index (χ1n) is 5.50. The summed E-state index contributed by atoms with van der Waals surface area (Å²) in [5, 5.41) is 3.19. The van der Waals surface area contributed by atoms with Crippen molar-refractivity contribution in [2.45, 2.75) is 19.1 Å². The number of nitrogen functional groups attached to an aromatic ring is 1. The highest BCUT2D eigenvalue weighted by molar-refractivity contribution is 7.84. The van der Waals surface area contributed by atoms with Crippen LogP contribution < -0.4 is 15.8 Å². The van der Waals surface area contributed by atoms with Crippen LogP contribution in [0.1, 0.15) is 13.8 Å². The number of nitrogens with zero attached hydrogens (tertiary/aromatic N) is 1. The van der Waals surface area contributed by atoms with Crippen LogP contribution in [0.3, 0.4) is 0 Å². The Balaban J connectivity index is 2.65. The van der Waals surface area contributed by atoms with Crippen molar-refractivity contribution < 1.29 is 8.95 Å². The average molecular weight is 257 g/mol.